The number of benzene rings is 1. The summed E-state index contributed by atoms with van der Waals surface area (Å²) in [4.78, 5) is 6.68. The number of nitrogens with one attached hydrogen (secondary N) is 1. The molecule has 0 unspecified atom stereocenters. The maximum Gasteiger partial charge on any atom is 0.161 e. The molecule has 2 rings (SSSR count). The highest BCUT2D eigenvalue weighted by atomic mass is 32.1. The summed E-state index contributed by atoms with van der Waals surface area (Å²) in [5.74, 6) is -3.21. The van der Waals surface area contributed by atoms with Gasteiger partial charge in [-0.1, -0.05) is 26.1 Å². The van der Waals surface area contributed by atoms with Gasteiger partial charge in [0.2, 0.25) is 0 Å². The molecule has 1 aromatic carbocycles. The Morgan fingerprint density at radius 1 is 1.11 bits per heavy atom. The molecule has 1 N–H and O–H groups in total. The molecule has 0 spiro atoms. The van der Waals surface area contributed by atoms with Crippen LogP contribution in [-0.4, -0.2) is 9.97 Å². The van der Waals surface area contributed by atoms with Crippen molar-refractivity contribution >= 4 is 12.2 Å². The second-order valence-electron chi connectivity index (χ2n) is 4.40. The Balaban J connectivity index is 2.76. The molecule has 1 aromatic heterocycles. The van der Waals surface area contributed by atoms with Crippen LogP contribution < -0.4 is 0 Å². The van der Waals surface area contributed by atoms with Gasteiger partial charge in [0.15, 0.2) is 11.6 Å². The van der Waals surface area contributed by atoms with Gasteiger partial charge in [-0.3, -0.25) is 0 Å². The van der Waals surface area contributed by atoms with E-state index in [9.17, 15) is 13.2 Å². The number of aromatic amines is 1. The van der Waals surface area contributed by atoms with Gasteiger partial charge in [-0.2, -0.15) is 0 Å². The van der Waals surface area contributed by atoms with Gasteiger partial charge in [0.05, 0.1) is 12.0 Å². The van der Waals surface area contributed by atoms with E-state index in [-0.39, 0.29) is 11.5 Å². The van der Waals surface area contributed by atoms with Crippen molar-refractivity contribution in [2.24, 2.45) is 0 Å². The van der Waals surface area contributed by atoms with Crippen LogP contribution in [0.25, 0.3) is 11.3 Å². The third-order valence-electron chi connectivity index (χ3n) is 2.75. The van der Waals surface area contributed by atoms with Gasteiger partial charge in [0.1, 0.15) is 10.5 Å². The first kappa shape index (κ1) is 13.7. The lowest BCUT2D eigenvalue weighted by Gasteiger charge is -2.13. The Kier molecular flexibility index (Phi) is 3.71. The third-order valence-corrected chi connectivity index (χ3v) is 3.07. The Bertz CT molecular complexity index is 680. The Hall–Kier alpha value is -1.69. The number of H-pyrrole nitrogens is 1. The molecule has 100 valence electrons. The highest BCUT2D eigenvalue weighted by Gasteiger charge is 2.17. The van der Waals surface area contributed by atoms with E-state index in [1.807, 2.05) is 13.8 Å². The highest BCUT2D eigenvalue weighted by Crippen LogP contribution is 2.30. The van der Waals surface area contributed by atoms with Crippen molar-refractivity contribution in [3.8, 4) is 11.3 Å². The maximum atomic E-state index is 13.8. The average molecular weight is 284 g/mol. The van der Waals surface area contributed by atoms with Gasteiger partial charge in [0.25, 0.3) is 0 Å². The summed E-state index contributed by atoms with van der Waals surface area (Å²) < 4.78 is 40.4. The van der Waals surface area contributed by atoms with Crippen molar-refractivity contribution in [3.05, 3.63) is 46.1 Å². The van der Waals surface area contributed by atoms with Crippen LogP contribution in [-0.2, 0) is 0 Å². The predicted octanol–water partition coefficient (Wildman–Crippen LogP) is 4.35. The maximum absolute atomic E-state index is 13.8. The van der Waals surface area contributed by atoms with Crippen LogP contribution in [0.4, 0.5) is 13.2 Å². The van der Waals surface area contributed by atoms with Gasteiger partial charge >= 0.3 is 0 Å². The minimum absolute atomic E-state index is 0.0278. The number of hydrogen-bond donors (Lipinski definition) is 1. The Morgan fingerprint density at radius 3 is 2.37 bits per heavy atom. The zero-order valence-corrected chi connectivity index (χ0v) is 11.1. The first-order valence-electron chi connectivity index (χ1n) is 5.64. The largest absolute Gasteiger partial charge is 0.345 e. The van der Waals surface area contributed by atoms with E-state index < -0.39 is 17.5 Å². The lowest BCUT2D eigenvalue weighted by Crippen LogP contribution is -2.01. The lowest BCUT2D eigenvalue weighted by molar-refractivity contribution is 0.496. The molecule has 0 aliphatic heterocycles. The van der Waals surface area contributed by atoms with Gasteiger partial charge < -0.3 is 4.98 Å². The summed E-state index contributed by atoms with van der Waals surface area (Å²) in [6.07, 6.45) is 1.31. The second-order valence-corrected chi connectivity index (χ2v) is 4.78. The standard InChI is InChI=1S/C13H11F3N2S/c1-6(2)11-12(17-5-18-13(11)19)7-3-9(15)10(16)4-8(7)14/h3-6H,1-2H3,(H,17,18,19). The summed E-state index contributed by atoms with van der Waals surface area (Å²) >= 11 is 5.10. The fourth-order valence-electron chi connectivity index (χ4n) is 1.88. The predicted molar refractivity (Wildman–Crippen MR) is 68.8 cm³/mol. The number of aromatic nitrogens is 2. The van der Waals surface area contributed by atoms with Crippen LogP contribution in [0, 0.1) is 22.1 Å². The van der Waals surface area contributed by atoms with Crippen molar-refractivity contribution in [1.29, 1.82) is 0 Å². The molecular weight excluding hydrogens is 273 g/mol. The fraction of sp³-hybridized carbons (Fsp3) is 0.231. The van der Waals surface area contributed by atoms with Crippen molar-refractivity contribution in [3.63, 3.8) is 0 Å². The molecule has 0 aliphatic rings. The van der Waals surface area contributed by atoms with E-state index in [4.69, 9.17) is 12.2 Å². The van der Waals surface area contributed by atoms with Crippen LogP contribution in [0.5, 0.6) is 0 Å². The second kappa shape index (κ2) is 5.13. The van der Waals surface area contributed by atoms with Gasteiger partial charge in [-0.25, -0.2) is 18.2 Å². The molecule has 0 atom stereocenters. The van der Waals surface area contributed by atoms with Crippen molar-refractivity contribution < 1.29 is 13.2 Å². The molecule has 6 heteroatoms. The average Bonchev–Trinajstić information content (AvgIpc) is 2.33. The Labute approximate surface area is 113 Å². The van der Waals surface area contributed by atoms with Crippen LogP contribution in [0.3, 0.4) is 0 Å². The number of halogens is 3. The molecule has 2 nitrogen and oxygen atoms in total. The molecule has 0 fully saturated rings. The summed E-state index contributed by atoms with van der Waals surface area (Å²) in [5, 5.41) is 0. The number of nitrogens with zero attached hydrogens (tertiary/aromatic N) is 1. The van der Waals surface area contributed by atoms with Crippen LogP contribution >= 0.6 is 12.2 Å². The summed E-state index contributed by atoms with van der Waals surface area (Å²) in [6.45, 7) is 3.73. The first-order valence-corrected chi connectivity index (χ1v) is 6.05. The Morgan fingerprint density at radius 2 is 1.74 bits per heavy atom. The smallest absolute Gasteiger partial charge is 0.161 e. The van der Waals surface area contributed by atoms with E-state index in [2.05, 4.69) is 9.97 Å². The summed E-state index contributed by atoms with van der Waals surface area (Å²) in [7, 11) is 0. The van der Waals surface area contributed by atoms with Crippen molar-refractivity contribution in [2.75, 3.05) is 0 Å². The number of rotatable bonds is 2. The molecule has 0 saturated heterocycles. The molecule has 0 aliphatic carbocycles. The van der Waals surface area contributed by atoms with Crippen molar-refractivity contribution in [1.82, 2.24) is 9.97 Å². The molecule has 2 aromatic rings. The van der Waals surface area contributed by atoms with Crippen molar-refractivity contribution in [2.45, 2.75) is 19.8 Å². The van der Waals surface area contributed by atoms with E-state index in [0.29, 0.717) is 22.0 Å². The van der Waals surface area contributed by atoms with E-state index in [1.54, 1.807) is 0 Å². The zero-order valence-electron chi connectivity index (χ0n) is 10.3. The molecule has 0 radical (unpaired) electrons. The summed E-state index contributed by atoms with van der Waals surface area (Å²) in [6, 6.07) is 1.34. The molecule has 1 heterocycles. The SMILES string of the molecule is CC(C)c1c(-c2cc(F)c(F)cc2F)[nH]cnc1=S. The molecule has 0 amide bonds. The molecule has 0 saturated carbocycles. The minimum Gasteiger partial charge on any atom is -0.345 e. The van der Waals surface area contributed by atoms with Crippen LogP contribution in [0.15, 0.2) is 18.5 Å². The fourth-order valence-corrected chi connectivity index (χ4v) is 2.27. The quantitative estimate of drug-likeness (QED) is 0.656. The molecule has 0 bridgehead atoms. The van der Waals surface area contributed by atoms with E-state index in [1.165, 1.54) is 6.33 Å². The topological polar surface area (TPSA) is 28.7 Å². The van der Waals surface area contributed by atoms with Gasteiger partial charge in [-0.05, 0) is 12.0 Å². The highest BCUT2D eigenvalue weighted by molar-refractivity contribution is 7.71. The molecule has 19 heavy (non-hydrogen) atoms. The first-order chi connectivity index (χ1) is 8.91. The van der Waals surface area contributed by atoms with E-state index in [0.717, 1.165) is 6.07 Å². The molecular formula is C13H11F3N2S. The monoisotopic (exact) mass is 284 g/mol. The third kappa shape index (κ3) is 2.53. The minimum atomic E-state index is -1.22. The lowest BCUT2D eigenvalue weighted by atomic mass is 9.98. The summed E-state index contributed by atoms with van der Waals surface area (Å²) in [5.41, 5.74) is 0.866. The van der Waals surface area contributed by atoms with Gasteiger partial charge in [-0.15, -0.1) is 0 Å². The number of hydrogen-bond acceptors (Lipinski definition) is 2. The van der Waals surface area contributed by atoms with Crippen LogP contribution in [0.2, 0.25) is 0 Å². The normalized spacial score (nSPS) is 11.1. The van der Waals surface area contributed by atoms with Crippen LogP contribution in [0.1, 0.15) is 25.3 Å². The zero-order chi connectivity index (χ0) is 14.2. The van der Waals surface area contributed by atoms with E-state index >= 15 is 0 Å². The van der Waals surface area contributed by atoms with Gasteiger partial charge in [0, 0.05) is 17.2 Å².